The van der Waals surface area contributed by atoms with Gasteiger partial charge in [0.1, 0.15) is 0 Å². The molecule has 26 heavy (non-hydrogen) atoms. The van der Waals surface area contributed by atoms with Crippen LogP contribution >= 0.6 is 22.7 Å². The van der Waals surface area contributed by atoms with Crippen molar-refractivity contribution in [2.45, 2.75) is 44.9 Å². The maximum Gasteiger partial charge on any atom is 0.227 e. The van der Waals surface area contributed by atoms with Crippen molar-refractivity contribution in [3.63, 3.8) is 0 Å². The van der Waals surface area contributed by atoms with Gasteiger partial charge in [-0.2, -0.15) is 4.98 Å². The van der Waals surface area contributed by atoms with E-state index in [4.69, 9.17) is 9.51 Å². The van der Waals surface area contributed by atoms with Gasteiger partial charge in [0.05, 0.1) is 15.6 Å². The first-order valence-electron chi connectivity index (χ1n) is 8.88. The lowest BCUT2D eigenvalue weighted by Gasteiger charge is -2.06. The van der Waals surface area contributed by atoms with E-state index >= 15 is 0 Å². The van der Waals surface area contributed by atoms with Gasteiger partial charge in [-0.15, -0.1) is 22.7 Å². The Balaban J connectivity index is 1.20. The maximum atomic E-state index is 12.0. The average molecular weight is 389 g/mol. The van der Waals surface area contributed by atoms with Gasteiger partial charge in [0.2, 0.25) is 17.6 Å². The molecule has 0 bridgehead atoms. The van der Waals surface area contributed by atoms with Crippen molar-refractivity contribution in [1.29, 1.82) is 0 Å². The molecule has 0 fully saturated rings. The first-order valence-corrected chi connectivity index (χ1v) is 10.6. The molecule has 1 amide bonds. The molecule has 1 N–H and O–H groups in total. The summed E-state index contributed by atoms with van der Waals surface area (Å²) in [5.41, 5.74) is 1.28. The number of nitrogens with one attached hydrogen (secondary N) is 1. The average Bonchev–Trinajstić information content (AvgIpc) is 3.38. The van der Waals surface area contributed by atoms with Crippen LogP contribution in [0.4, 0.5) is 0 Å². The van der Waals surface area contributed by atoms with Crippen LogP contribution in [-0.4, -0.2) is 27.6 Å². The summed E-state index contributed by atoms with van der Waals surface area (Å²) in [6.07, 6.45) is 6.39. The van der Waals surface area contributed by atoms with Gasteiger partial charge in [-0.3, -0.25) is 4.79 Å². The van der Waals surface area contributed by atoms with Gasteiger partial charge in [-0.1, -0.05) is 11.2 Å². The molecule has 0 atom stereocenters. The fourth-order valence-electron chi connectivity index (χ4n) is 2.99. The molecule has 4 rings (SSSR count). The van der Waals surface area contributed by atoms with Crippen molar-refractivity contribution in [1.82, 2.24) is 20.4 Å². The zero-order valence-electron chi connectivity index (χ0n) is 14.4. The summed E-state index contributed by atoms with van der Waals surface area (Å²) >= 11 is 3.37. The third-order valence-corrected chi connectivity index (χ3v) is 6.41. The highest BCUT2D eigenvalue weighted by molar-refractivity contribution is 7.13. The number of amides is 1. The number of nitrogens with zero attached hydrogens (tertiary/aromatic N) is 3. The number of thiophene rings is 1. The molecule has 0 aromatic carbocycles. The molecule has 0 spiro atoms. The lowest BCUT2D eigenvalue weighted by molar-refractivity contribution is -0.121. The number of fused-ring (bicyclic) bond motifs is 1. The van der Waals surface area contributed by atoms with Crippen molar-refractivity contribution in [3.05, 3.63) is 39.0 Å². The van der Waals surface area contributed by atoms with Gasteiger partial charge in [0.25, 0.3) is 0 Å². The number of carbonyl (C=O) groups is 1. The zero-order valence-corrected chi connectivity index (χ0v) is 16.0. The van der Waals surface area contributed by atoms with E-state index in [1.807, 2.05) is 17.5 Å². The van der Waals surface area contributed by atoms with E-state index in [0.717, 1.165) is 29.1 Å². The first kappa shape index (κ1) is 17.4. The lowest BCUT2D eigenvalue weighted by Crippen LogP contribution is -2.25. The van der Waals surface area contributed by atoms with Crippen LogP contribution in [0.1, 0.15) is 40.7 Å². The van der Waals surface area contributed by atoms with Crippen LogP contribution < -0.4 is 5.32 Å². The largest absolute Gasteiger partial charge is 0.356 e. The Kier molecular flexibility index (Phi) is 5.40. The molecule has 3 aromatic heterocycles. The SMILES string of the molecule is O=C(CCc1nc(-c2cccs2)no1)NCCc1nc2c(s1)CCCC2. The molecular weight excluding hydrogens is 368 g/mol. The summed E-state index contributed by atoms with van der Waals surface area (Å²) in [6, 6.07) is 3.89. The van der Waals surface area contributed by atoms with Crippen molar-refractivity contribution in [2.75, 3.05) is 6.54 Å². The Morgan fingerprint density at radius 2 is 2.15 bits per heavy atom. The van der Waals surface area contributed by atoms with E-state index in [9.17, 15) is 4.79 Å². The fourth-order valence-corrected chi connectivity index (χ4v) is 4.80. The van der Waals surface area contributed by atoms with Gasteiger partial charge in [-0.25, -0.2) is 4.98 Å². The van der Waals surface area contributed by atoms with E-state index in [0.29, 0.717) is 31.1 Å². The number of hydrogen-bond acceptors (Lipinski definition) is 7. The standard InChI is InChI=1S/C18H20N4O2S2/c23-15(7-8-16-21-18(22-24-16)14-6-3-11-25-14)19-10-9-17-20-12-4-1-2-5-13(12)26-17/h3,6,11H,1-2,4-5,7-10H2,(H,19,23). The number of rotatable bonds is 7. The number of hydrogen-bond donors (Lipinski definition) is 1. The van der Waals surface area contributed by atoms with Crippen LogP contribution in [0.2, 0.25) is 0 Å². The number of thiazole rings is 1. The van der Waals surface area contributed by atoms with Gasteiger partial charge in [0, 0.05) is 30.7 Å². The number of aryl methyl sites for hydroxylation is 3. The quantitative estimate of drug-likeness (QED) is 0.671. The van der Waals surface area contributed by atoms with Gasteiger partial charge in [0.15, 0.2) is 0 Å². The molecule has 6 nitrogen and oxygen atoms in total. The summed E-state index contributed by atoms with van der Waals surface area (Å²) in [5.74, 6) is 1.08. The smallest absolute Gasteiger partial charge is 0.227 e. The third-order valence-electron chi connectivity index (χ3n) is 4.33. The van der Waals surface area contributed by atoms with E-state index in [1.165, 1.54) is 23.4 Å². The molecule has 0 saturated heterocycles. The predicted molar refractivity (Wildman–Crippen MR) is 101 cm³/mol. The van der Waals surface area contributed by atoms with Crippen molar-refractivity contribution < 1.29 is 9.32 Å². The molecular formula is C18H20N4O2S2. The fraction of sp³-hybridized carbons (Fsp3) is 0.444. The predicted octanol–water partition coefficient (Wildman–Crippen LogP) is 3.42. The van der Waals surface area contributed by atoms with Crippen LogP contribution in [0.5, 0.6) is 0 Å². The molecule has 0 aliphatic heterocycles. The summed E-state index contributed by atoms with van der Waals surface area (Å²) in [7, 11) is 0. The van der Waals surface area contributed by atoms with Gasteiger partial charge >= 0.3 is 0 Å². The Hall–Kier alpha value is -2.06. The van der Waals surface area contributed by atoms with Crippen LogP contribution in [0.15, 0.2) is 22.0 Å². The second-order valence-electron chi connectivity index (χ2n) is 6.27. The monoisotopic (exact) mass is 388 g/mol. The summed E-state index contributed by atoms with van der Waals surface area (Å²) < 4.78 is 5.22. The topological polar surface area (TPSA) is 80.9 Å². The van der Waals surface area contributed by atoms with E-state index in [-0.39, 0.29) is 5.91 Å². The minimum atomic E-state index is 0.00203. The lowest BCUT2D eigenvalue weighted by atomic mass is 10.0. The molecule has 1 aliphatic carbocycles. The molecule has 3 heterocycles. The van der Waals surface area contributed by atoms with Crippen LogP contribution in [0.25, 0.3) is 10.7 Å². The number of aromatic nitrogens is 3. The second kappa shape index (κ2) is 8.09. The van der Waals surface area contributed by atoms with Gasteiger partial charge in [-0.05, 0) is 37.1 Å². The maximum absolute atomic E-state index is 12.0. The molecule has 0 unspecified atom stereocenters. The first-order chi connectivity index (χ1) is 12.8. The Bertz CT molecular complexity index is 846. The van der Waals surface area contributed by atoms with E-state index in [2.05, 4.69) is 15.5 Å². The molecule has 0 saturated carbocycles. The van der Waals surface area contributed by atoms with E-state index < -0.39 is 0 Å². The second-order valence-corrected chi connectivity index (χ2v) is 8.39. The minimum Gasteiger partial charge on any atom is -0.356 e. The molecule has 1 aliphatic rings. The molecule has 0 radical (unpaired) electrons. The Morgan fingerprint density at radius 1 is 1.23 bits per heavy atom. The molecule has 136 valence electrons. The van der Waals surface area contributed by atoms with Crippen LogP contribution in [-0.2, 0) is 30.5 Å². The Morgan fingerprint density at radius 3 is 3.00 bits per heavy atom. The van der Waals surface area contributed by atoms with Gasteiger partial charge < -0.3 is 9.84 Å². The summed E-state index contributed by atoms with van der Waals surface area (Å²) in [6.45, 7) is 0.621. The van der Waals surface area contributed by atoms with Crippen LogP contribution in [0, 0.1) is 0 Å². The van der Waals surface area contributed by atoms with Crippen LogP contribution in [0.3, 0.4) is 0 Å². The van der Waals surface area contributed by atoms with Crippen molar-refractivity contribution in [3.8, 4) is 10.7 Å². The zero-order chi connectivity index (χ0) is 17.8. The van der Waals surface area contributed by atoms with Crippen molar-refractivity contribution >= 4 is 28.6 Å². The third kappa shape index (κ3) is 4.19. The molecule has 3 aromatic rings. The highest BCUT2D eigenvalue weighted by Gasteiger charge is 2.15. The Labute approximate surface area is 159 Å². The van der Waals surface area contributed by atoms with Crippen molar-refractivity contribution in [2.24, 2.45) is 0 Å². The summed E-state index contributed by atoms with van der Waals surface area (Å²) in [5, 5.41) is 10.0. The summed E-state index contributed by atoms with van der Waals surface area (Å²) in [4.78, 5) is 23.5. The normalized spacial score (nSPS) is 13.5. The van der Waals surface area contributed by atoms with E-state index in [1.54, 1.807) is 22.7 Å². The highest BCUT2D eigenvalue weighted by Crippen LogP contribution is 2.26. The highest BCUT2D eigenvalue weighted by atomic mass is 32.1. The molecule has 8 heteroatoms. The minimum absolute atomic E-state index is 0.00203. The number of carbonyl (C=O) groups excluding carboxylic acids is 1.